The first-order valence-corrected chi connectivity index (χ1v) is 11.0. The summed E-state index contributed by atoms with van der Waals surface area (Å²) in [5, 5.41) is 0. The zero-order valence-electron chi connectivity index (χ0n) is 19.0. The molecule has 1 atom stereocenters. The van der Waals surface area contributed by atoms with Crippen molar-refractivity contribution in [2.45, 2.75) is 53.6 Å². The van der Waals surface area contributed by atoms with Gasteiger partial charge in [0.25, 0.3) is 0 Å². The van der Waals surface area contributed by atoms with E-state index in [1.54, 1.807) is 0 Å². The molecule has 1 amide bonds. The van der Waals surface area contributed by atoms with Crippen LogP contribution in [0.15, 0.2) is 24.3 Å². The molecule has 0 N–H and O–H groups in total. The van der Waals surface area contributed by atoms with E-state index >= 15 is 0 Å². The number of piperazine rings is 1. The van der Waals surface area contributed by atoms with Gasteiger partial charge < -0.3 is 14.5 Å². The number of hydrogen-bond acceptors (Lipinski definition) is 4. The Labute approximate surface area is 176 Å². The maximum absolute atomic E-state index is 12.9. The van der Waals surface area contributed by atoms with E-state index in [9.17, 15) is 4.79 Å². The minimum absolute atomic E-state index is 0.257. The van der Waals surface area contributed by atoms with Crippen LogP contribution in [-0.4, -0.2) is 60.8 Å². The van der Waals surface area contributed by atoms with Crippen LogP contribution in [0.25, 0.3) is 5.70 Å². The van der Waals surface area contributed by atoms with Crippen LogP contribution in [0.4, 0.5) is 10.5 Å². The summed E-state index contributed by atoms with van der Waals surface area (Å²) < 4.78 is 5.68. The third-order valence-corrected chi connectivity index (χ3v) is 5.77. The number of benzene rings is 1. The van der Waals surface area contributed by atoms with E-state index in [2.05, 4.69) is 54.8 Å². The van der Waals surface area contributed by atoms with Gasteiger partial charge in [-0.3, -0.25) is 4.90 Å². The van der Waals surface area contributed by atoms with Crippen molar-refractivity contribution in [2.24, 2.45) is 5.92 Å². The predicted octanol–water partition coefficient (Wildman–Crippen LogP) is 4.75. The van der Waals surface area contributed by atoms with Gasteiger partial charge in [0.05, 0.1) is 5.70 Å². The van der Waals surface area contributed by atoms with Crippen LogP contribution in [0.3, 0.4) is 0 Å². The van der Waals surface area contributed by atoms with E-state index in [-0.39, 0.29) is 6.09 Å². The molecule has 0 unspecified atom stereocenters. The van der Waals surface area contributed by atoms with Gasteiger partial charge in [0.15, 0.2) is 0 Å². The van der Waals surface area contributed by atoms with E-state index in [1.165, 1.54) is 11.3 Å². The summed E-state index contributed by atoms with van der Waals surface area (Å²) in [6.45, 7) is 18.5. The van der Waals surface area contributed by atoms with Crippen molar-refractivity contribution in [3.05, 3.63) is 35.4 Å². The van der Waals surface area contributed by atoms with Crippen LogP contribution >= 0.6 is 0 Å². The molecule has 1 saturated heterocycles. The Morgan fingerprint density at radius 1 is 1.17 bits per heavy atom. The van der Waals surface area contributed by atoms with E-state index in [1.807, 2.05) is 25.7 Å². The average Bonchev–Trinajstić information content (AvgIpc) is 2.66. The van der Waals surface area contributed by atoms with E-state index in [4.69, 9.17) is 4.74 Å². The molecule has 1 aromatic rings. The lowest BCUT2D eigenvalue weighted by Crippen LogP contribution is -2.46. The monoisotopic (exact) mass is 399 g/mol. The van der Waals surface area contributed by atoms with E-state index < -0.39 is 5.60 Å². The first-order valence-electron chi connectivity index (χ1n) is 11.0. The third-order valence-electron chi connectivity index (χ3n) is 5.77. The highest BCUT2D eigenvalue weighted by atomic mass is 16.6. The summed E-state index contributed by atoms with van der Waals surface area (Å²) in [4.78, 5) is 19.6. The zero-order chi connectivity index (χ0) is 21.2. The van der Waals surface area contributed by atoms with Crippen molar-refractivity contribution < 1.29 is 9.53 Å². The number of carbonyl (C=O) groups is 1. The molecule has 0 aliphatic carbocycles. The molecule has 160 valence electrons. The Bertz CT molecular complexity index is 758. The third kappa shape index (κ3) is 5.33. The lowest BCUT2D eigenvalue weighted by molar-refractivity contribution is 0.0327. The van der Waals surface area contributed by atoms with Crippen molar-refractivity contribution in [1.82, 2.24) is 9.80 Å². The number of likely N-dealkylation sites (N-methyl/N-ethyl adjacent to an activating group) is 1. The number of nitrogens with zero attached hydrogens (tertiary/aromatic N) is 3. The summed E-state index contributed by atoms with van der Waals surface area (Å²) in [6, 6.07) is 6.60. The fourth-order valence-electron chi connectivity index (χ4n) is 4.15. The van der Waals surface area contributed by atoms with Gasteiger partial charge in [-0.25, -0.2) is 4.79 Å². The molecule has 0 radical (unpaired) electrons. The van der Waals surface area contributed by atoms with Crippen molar-refractivity contribution in [1.29, 1.82) is 0 Å². The second kappa shape index (κ2) is 8.78. The molecular formula is C24H37N3O2. The Morgan fingerprint density at radius 2 is 1.86 bits per heavy atom. The highest BCUT2D eigenvalue weighted by Crippen LogP contribution is 2.32. The number of anilines is 1. The first kappa shape index (κ1) is 21.7. The number of ether oxygens (including phenoxy) is 1. The van der Waals surface area contributed by atoms with Crippen LogP contribution in [-0.2, 0) is 4.74 Å². The number of aryl methyl sites for hydroxylation is 1. The zero-order valence-corrected chi connectivity index (χ0v) is 19.0. The molecule has 5 heteroatoms. The molecule has 5 nitrogen and oxygen atoms in total. The maximum Gasteiger partial charge on any atom is 0.414 e. The Hall–Kier alpha value is -2.01. The van der Waals surface area contributed by atoms with Crippen molar-refractivity contribution >= 4 is 17.5 Å². The molecule has 0 aromatic heterocycles. The van der Waals surface area contributed by atoms with E-state index in [0.29, 0.717) is 12.5 Å². The molecule has 2 aliphatic rings. The predicted molar refractivity (Wildman–Crippen MR) is 120 cm³/mol. The molecule has 1 aromatic carbocycles. The fraction of sp³-hybridized carbons (Fsp3) is 0.625. The summed E-state index contributed by atoms with van der Waals surface area (Å²) >= 11 is 0. The minimum Gasteiger partial charge on any atom is -0.443 e. The number of carbonyl (C=O) groups excluding carboxylic acids is 1. The van der Waals surface area contributed by atoms with Gasteiger partial charge in [-0.1, -0.05) is 26.0 Å². The number of amides is 1. The molecule has 2 aliphatic heterocycles. The number of allylic oxidation sites excluding steroid dienone is 1. The van der Waals surface area contributed by atoms with Crippen LogP contribution in [0.2, 0.25) is 0 Å². The average molecular weight is 400 g/mol. The molecule has 3 rings (SSSR count). The van der Waals surface area contributed by atoms with Crippen LogP contribution in [0, 0.1) is 12.8 Å². The molecule has 2 heterocycles. The van der Waals surface area contributed by atoms with Gasteiger partial charge in [-0.2, -0.15) is 0 Å². The standard InChI is InChI=1S/C24H37N3O2/c1-7-25-12-14-26(15-13-25)21-11-9-20(16-19(21)3)22-10-8-18(2)17-27(22)23(28)29-24(4,5)6/h9-11,16,18H,7-8,12-15,17H2,1-6H3/t18-/m0/s1. The molecule has 1 fully saturated rings. The summed E-state index contributed by atoms with van der Waals surface area (Å²) in [5.41, 5.74) is 4.14. The van der Waals surface area contributed by atoms with Gasteiger partial charge in [-0.15, -0.1) is 0 Å². The summed E-state index contributed by atoms with van der Waals surface area (Å²) in [6.07, 6.45) is 2.91. The van der Waals surface area contributed by atoms with Crippen LogP contribution in [0.5, 0.6) is 0 Å². The van der Waals surface area contributed by atoms with Gasteiger partial charge >= 0.3 is 6.09 Å². The fourth-order valence-corrected chi connectivity index (χ4v) is 4.15. The van der Waals surface area contributed by atoms with Crippen LogP contribution < -0.4 is 4.90 Å². The highest BCUT2D eigenvalue weighted by Gasteiger charge is 2.29. The molecule has 0 spiro atoms. The summed E-state index contributed by atoms with van der Waals surface area (Å²) in [7, 11) is 0. The number of rotatable bonds is 3. The van der Waals surface area contributed by atoms with Crippen molar-refractivity contribution in [3.8, 4) is 0 Å². The second-order valence-corrected chi connectivity index (χ2v) is 9.44. The second-order valence-electron chi connectivity index (χ2n) is 9.44. The van der Waals surface area contributed by atoms with Crippen LogP contribution in [0.1, 0.15) is 52.2 Å². The first-order chi connectivity index (χ1) is 13.7. The maximum atomic E-state index is 12.9. The Kier molecular flexibility index (Phi) is 6.57. The van der Waals surface area contributed by atoms with E-state index in [0.717, 1.165) is 50.4 Å². The summed E-state index contributed by atoms with van der Waals surface area (Å²) in [5.74, 6) is 0.432. The lowest BCUT2D eigenvalue weighted by atomic mass is 9.97. The molecule has 0 saturated carbocycles. The minimum atomic E-state index is -0.497. The van der Waals surface area contributed by atoms with Gasteiger partial charge in [0.2, 0.25) is 0 Å². The molecule has 0 bridgehead atoms. The SMILES string of the molecule is CCN1CCN(c2ccc(C3=CC[C@H](C)CN3C(=O)OC(C)(C)C)cc2C)CC1. The van der Waals surface area contributed by atoms with Crippen molar-refractivity contribution in [2.75, 3.05) is 44.2 Å². The lowest BCUT2D eigenvalue weighted by Gasteiger charge is -2.37. The largest absolute Gasteiger partial charge is 0.443 e. The van der Waals surface area contributed by atoms with Gasteiger partial charge in [0, 0.05) is 38.4 Å². The Morgan fingerprint density at radius 3 is 2.45 bits per heavy atom. The van der Waals surface area contributed by atoms with Crippen molar-refractivity contribution in [3.63, 3.8) is 0 Å². The number of hydrogen-bond donors (Lipinski definition) is 0. The normalized spacial score (nSPS) is 21.2. The smallest absolute Gasteiger partial charge is 0.414 e. The highest BCUT2D eigenvalue weighted by molar-refractivity contribution is 5.83. The topological polar surface area (TPSA) is 36.0 Å². The van der Waals surface area contributed by atoms with Gasteiger partial charge in [0.1, 0.15) is 5.60 Å². The Balaban J connectivity index is 1.81. The quantitative estimate of drug-likeness (QED) is 0.735. The molecule has 29 heavy (non-hydrogen) atoms. The molecular weight excluding hydrogens is 362 g/mol. The van der Waals surface area contributed by atoms with Gasteiger partial charge in [-0.05, 0) is 69.8 Å².